The molecule has 0 saturated carbocycles. The molecule has 2 rings (SSSR count). The molecule has 1 aromatic carbocycles. The second kappa shape index (κ2) is 7.79. The minimum Gasteiger partial charge on any atom is -0.362 e. The Kier molecular flexibility index (Phi) is 6.01. The number of nitrogens with one attached hydrogen (secondary N) is 1. The lowest BCUT2D eigenvalue weighted by molar-refractivity contribution is -0.175. The fraction of sp³-hybridized carbons (Fsp3) is 0.562. The molecule has 0 fully saturated rings. The van der Waals surface area contributed by atoms with Gasteiger partial charge in [0.25, 0.3) is 0 Å². The molecule has 7 heteroatoms. The largest absolute Gasteiger partial charge is 0.411 e. The fourth-order valence-electron chi connectivity index (χ4n) is 2.59. The van der Waals surface area contributed by atoms with Crippen molar-refractivity contribution in [3.63, 3.8) is 0 Å². The molecule has 128 valence electrons. The van der Waals surface area contributed by atoms with E-state index in [2.05, 4.69) is 27.1 Å². The molecular weight excluding hydrogens is 309 g/mol. The average molecular weight is 330 g/mol. The number of fused-ring (bicyclic) bond motifs is 1. The summed E-state index contributed by atoms with van der Waals surface area (Å²) < 4.78 is 40.1. The van der Waals surface area contributed by atoms with Crippen molar-refractivity contribution in [3.05, 3.63) is 35.4 Å². The average Bonchev–Trinajstić information content (AvgIpc) is 2.51. The Morgan fingerprint density at radius 2 is 2.04 bits per heavy atom. The van der Waals surface area contributed by atoms with E-state index >= 15 is 0 Å². The smallest absolute Gasteiger partial charge is 0.362 e. The van der Waals surface area contributed by atoms with Crippen molar-refractivity contribution in [2.24, 2.45) is 0 Å². The number of carbonyl (C=O) groups excluding carboxylic acids is 1. The maximum absolute atomic E-state index is 11.9. The van der Waals surface area contributed by atoms with E-state index in [1.807, 2.05) is 19.1 Å². The molecule has 0 spiro atoms. The summed E-state index contributed by atoms with van der Waals surface area (Å²) in [5, 5.41) is 2.62. The van der Waals surface area contributed by atoms with Crippen molar-refractivity contribution in [2.75, 3.05) is 26.3 Å². The number of alkyl halides is 3. The van der Waals surface area contributed by atoms with E-state index in [0.717, 1.165) is 19.5 Å². The maximum Gasteiger partial charge on any atom is 0.411 e. The van der Waals surface area contributed by atoms with Gasteiger partial charge >= 0.3 is 6.18 Å². The van der Waals surface area contributed by atoms with Gasteiger partial charge in [0.2, 0.25) is 5.91 Å². The van der Waals surface area contributed by atoms with Gasteiger partial charge in [0.05, 0.1) is 0 Å². The summed E-state index contributed by atoms with van der Waals surface area (Å²) in [7, 11) is 0. The monoisotopic (exact) mass is 330 g/mol. The van der Waals surface area contributed by atoms with Crippen LogP contribution in [0.15, 0.2) is 24.3 Å². The summed E-state index contributed by atoms with van der Waals surface area (Å²) in [6.07, 6.45) is -3.45. The lowest BCUT2D eigenvalue weighted by atomic mass is 9.99. The van der Waals surface area contributed by atoms with Gasteiger partial charge in [-0.2, -0.15) is 13.2 Å². The number of hydrogen-bond donors (Lipinski definition) is 1. The van der Waals surface area contributed by atoms with Crippen molar-refractivity contribution in [1.82, 2.24) is 10.2 Å². The van der Waals surface area contributed by atoms with Gasteiger partial charge in [-0.15, -0.1) is 0 Å². The molecule has 1 aliphatic heterocycles. The third-order valence-electron chi connectivity index (χ3n) is 3.88. The van der Waals surface area contributed by atoms with E-state index in [9.17, 15) is 18.0 Å². The molecule has 4 nitrogen and oxygen atoms in total. The van der Waals surface area contributed by atoms with Crippen LogP contribution in [0.1, 0.15) is 18.1 Å². The molecule has 1 N–H and O–H groups in total. The molecule has 1 heterocycles. The first-order chi connectivity index (χ1) is 10.8. The van der Waals surface area contributed by atoms with Crippen LogP contribution in [-0.4, -0.2) is 49.3 Å². The van der Waals surface area contributed by atoms with Gasteiger partial charge in [-0.05, 0) is 24.5 Å². The first-order valence-electron chi connectivity index (χ1n) is 7.57. The molecule has 1 unspecified atom stereocenters. The summed E-state index contributed by atoms with van der Waals surface area (Å²) in [6.45, 7) is 2.12. The van der Waals surface area contributed by atoms with E-state index in [1.54, 1.807) is 0 Å². The second-order valence-corrected chi connectivity index (χ2v) is 5.75. The highest BCUT2D eigenvalue weighted by molar-refractivity contribution is 5.77. The first-order valence-corrected chi connectivity index (χ1v) is 7.57. The molecule has 0 aromatic heterocycles. The summed E-state index contributed by atoms with van der Waals surface area (Å²) in [5.74, 6) is -0.529. The molecule has 1 atom stereocenters. The zero-order valence-corrected chi connectivity index (χ0v) is 13.0. The number of benzene rings is 1. The van der Waals surface area contributed by atoms with Crippen LogP contribution in [-0.2, 0) is 22.5 Å². The number of nitrogens with zero attached hydrogens (tertiary/aromatic N) is 1. The lowest BCUT2D eigenvalue weighted by Gasteiger charge is -2.33. The van der Waals surface area contributed by atoms with Crippen molar-refractivity contribution in [2.45, 2.75) is 32.1 Å². The molecule has 1 aliphatic rings. The van der Waals surface area contributed by atoms with Crippen molar-refractivity contribution < 1.29 is 22.7 Å². The summed E-state index contributed by atoms with van der Waals surface area (Å²) >= 11 is 0. The highest BCUT2D eigenvalue weighted by Gasteiger charge is 2.28. The number of hydrogen-bond acceptors (Lipinski definition) is 3. The normalized spacial score (nSPS) is 16.7. The zero-order chi connectivity index (χ0) is 16.9. The fourth-order valence-corrected chi connectivity index (χ4v) is 2.59. The third kappa shape index (κ3) is 5.84. The minimum absolute atomic E-state index is 0.106. The first kappa shape index (κ1) is 17.7. The molecule has 1 amide bonds. The third-order valence-corrected chi connectivity index (χ3v) is 3.88. The highest BCUT2D eigenvalue weighted by atomic mass is 19.4. The Morgan fingerprint density at radius 3 is 2.74 bits per heavy atom. The standard InChI is InChI=1S/C16H21F3N2O2/c1-12(8-20-15(22)10-23-11-16(17,18)19)21-7-6-13-4-2-3-5-14(13)9-21/h2-5,12H,6-11H2,1H3,(H,20,22). The Hall–Kier alpha value is -1.60. The van der Waals surface area contributed by atoms with E-state index in [4.69, 9.17) is 0 Å². The van der Waals surface area contributed by atoms with Gasteiger partial charge < -0.3 is 10.1 Å². The number of carbonyl (C=O) groups is 1. The van der Waals surface area contributed by atoms with Crippen LogP contribution in [0.4, 0.5) is 13.2 Å². The number of rotatable bonds is 6. The molecule has 1 aromatic rings. The molecule has 0 aliphatic carbocycles. The Labute approximate surface area is 133 Å². The van der Waals surface area contributed by atoms with Crippen LogP contribution in [0.3, 0.4) is 0 Å². The van der Waals surface area contributed by atoms with Crippen LogP contribution in [0.5, 0.6) is 0 Å². The van der Waals surface area contributed by atoms with Crippen LogP contribution >= 0.6 is 0 Å². The predicted molar refractivity (Wildman–Crippen MR) is 79.9 cm³/mol. The summed E-state index contributed by atoms with van der Waals surface area (Å²) in [5.41, 5.74) is 2.63. The molecule has 23 heavy (non-hydrogen) atoms. The minimum atomic E-state index is -4.41. The molecular formula is C16H21F3N2O2. The number of amides is 1. The van der Waals surface area contributed by atoms with Crippen LogP contribution < -0.4 is 5.32 Å². The van der Waals surface area contributed by atoms with E-state index in [0.29, 0.717) is 6.54 Å². The Bertz CT molecular complexity index is 534. The van der Waals surface area contributed by atoms with Gasteiger partial charge in [-0.3, -0.25) is 9.69 Å². The van der Waals surface area contributed by atoms with Gasteiger partial charge in [0.1, 0.15) is 13.2 Å². The second-order valence-electron chi connectivity index (χ2n) is 5.75. The Morgan fingerprint density at radius 1 is 1.35 bits per heavy atom. The molecule has 0 bridgehead atoms. The van der Waals surface area contributed by atoms with Crippen LogP contribution in [0.25, 0.3) is 0 Å². The quantitative estimate of drug-likeness (QED) is 0.869. The van der Waals surface area contributed by atoms with Crippen LogP contribution in [0.2, 0.25) is 0 Å². The van der Waals surface area contributed by atoms with E-state index < -0.39 is 25.3 Å². The summed E-state index contributed by atoms with van der Waals surface area (Å²) in [4.78, 5) is 13.7. The Balaban J connectivity index is 1.71. The van der Waals surface area contributed by atoms with E-state index in [-0.39, 0.29) is 6.04 Å². The van der Waals surface area contributed by atoms with Gasteiger partial charge in [0, 0.05) is 25.7 Å². The van der Waals surface area contributed by atoms with Gasteiger partial charge in [0.15, 0.2) is 0 Å². The molecule has 0 saturated heterocycles. The van der Waals surface area contributed by atoms with E-state index in [1.165, 1.54) is 11.1 Å². The number of ether oxygens (including phenoxy) is 1. The topological polar surface area (TPSA) is 41.6 Å². The van der Waals surface area contributed by atoms with Crippen molar-refractivity contribution in [3.8, 4) is 0 Å². The van der Waals surface area contributed by atoms with Crippen molar-refractivity contribution >= 4 is 5.91 Å². The summed E-state index contributed by atoms with van der Waals surface area (Å²) in [6, 6.07) is 8.36. The maximum atomic E-state index is 11.9. The lowest BCUT2D eigenvalue weighted by Crippen LogP contribution is -2.45. The number of halogens is 3. The molecule has 0 radical (unpaired) electrons. The van der Waals surface area contributed by atoms with Gasteiger partial charge in [-0.1, -0.05) is 24.3 Å². The predicted octanol–water partition coefficient (Wildman–Crippen LogP) is 2.13. The van der Waals surface area contributed by atoms with Crippen LogP contribution in [0, 0.1) is 0 Å². The highest BCUT2D eigenvalue weighted by Crippen LogP contribution is 2.20. The van der Waals surface area contributed by atoms with Gasteiger partial charge in [-0.25, -0.2) is 0 Å². The zero-order valence-electron chi connectivity index (χ0n) is 13.0. The van der Waals surface area contributed by atoms with Crippen molar-refractivity contribution in [1.29, 1.82) is 0 Å². The SMILES string of the molecule is CC(CNC(=O)COCC(F)(F)F)N1CCc2ccccc2C1.